The topological polar surface area (TPSA) is 73.1 Å². The number of rotatable bonds is 3. The van der Waals surface area contributed by atoms with Crippen LogP contribution in [-0.4, -0.2) is 17.2 Å². The summed E-state index contributed by atoms with van der Waals surface area (Å²) in [4.78, 5) is 25.5. The van der Waals surface area contributed by atoms with Gasteiger partial charge in [-0.05, 0) is 23.8 Å². The predicted molar refractivity (Wildman–Crippen MR) is 63.6 cm³/mol. The van der Waals surface area contributed by atoms with Crippen LogP contribution in [0.1, 0.15) is 20.8 Å². The number of carbonyl (C=O) groups excluding carboxylic acids is 2. The standard InChI is InChI=1S/C13H10N2O2/c14-13(17)10-3-1-2-9(6-10)11-4-5-12(8-16)15-7-11/h1-8H,(H2,14,17). The Morgan fingerprint density at radius 1 is 1.18 bits per heavy atom. The minimum atomic E-state index is -0.468. The van der Waals surface area contributed by atoms with Crippen LogP contribution < -0.4 is 5.73 Å². The average molecular weight is 226 g/mol. The van der Waals surface area contributed by atoms with E-state index < -0.39 is 5.91 Å². The number of hydrogen-bond acceptors (Lipinski definition) is 3. The quantitative estimate of drug-likeness (QED) is 0.809. The lowest BCUT2D eigenvalue weighted by Crippen LogP contribution is -2.10. The van der Waals surface area contributed by atoms with E-state index in [0.29, 0.717) is 17.5 Å². The number of primary amides is 1. The first-order valence-corrected chi connectivity index (χ1v) is 5.02. The van der Waals surface area contributed by atoms with Crippen LogP contribution in [0.5, 0.6) is 0 Å². The molecular formula is C13H10N2O2. The van der Waals surface area contributed by atoms with Gasteiger partial charge in [0.1, 0.15) is 5.69 Å². The zero-order valence-corrected chi connectivity index (χ0v) is 8.96. The predicted octanol–water partition coefficient (Wildman–Crippen LogP) is 1.66. The second kappa shape index (κ2) is 4.57. The molecule has 1 aromatic carbocycles. The van der Waals surface area contributed by atoms with Gasteiger partial charge in [0.05, 0.1) is 0 Å². The van der Waals surface area contributed by atoms with Crippen molar-refractivity contribution in [1.82, 2.24) is 4.98 Å². The van der Waals surface area contributed by atoms with Crippen LogP contribution >= 0.6 is 0 Å². The smallest absolute Gasteiger partial charge is 0.248 e. The average Bonchev–Trinajstić information content (AvgIpc) is 2.39. The highest BCUT2D eigenvalue weighted by molar-refractivity contribution is 5.94. The highest BCUT2D eigenvalue weighted by atomic mass is 16.1. The van der Waals surface area contributed by atoms with Gasteiger partial charge in [0.2, 0.25) is 5.91 Å². The summed E-state index contributed by atoms with van der Waals surface area (Å²) in [5.41, 5.74) is 7.70. The molecule has 0 saturated heterocycles. The molecule has 0 aliphatic rings. The molecule has 84 valence electrons. The van der Waals surface area contributed by atoms with Gasteiger partial charge in [-0.1, -0.05) is 18.2 Å². The van der Waals surface area contributed by atoms with Crippen molar-refractivity contribution < 1.29 is 9.59 Å². The first-order chi connectivity index (χ1) is 8.20. The summed E-state index contributed by atoms with van der Waals surface area (Å²) in [5, 5.41) is 0. The summed E-state index contributed by atoms with van der Waals surface area (Å²) in [6, 6.07) is 10.3. The fraction of sp³-hybridized carbons (Fsp3) is 0. The monoisotopic (exact) mass is 226 g/mol. The molecule has 1 amide bonds. The van der Waals surface area contributed by atoms with E-state index >= 15 is 0 Å². The normalized spacial score (nSPS) is 9.88. The third kappa shape index (κ3) is 2.36. The van der Waals surface area contributed by atoms with Gasteiger partial charge in [-0.25, -0.2) is 0 Å². The molecule has 0 unspecified atom stereocenters. The van der Waals surface area contributed by atoms with Crippen LogP contribution in [0.15, 0.2) is 42.6 Å². The van der Waals surface area contributed by atoms with E-state index in [1.807, 2.05) is 6.07 Å². The van der Waals surface area contributed by atoms with Crippen molar-refractivity contribution >= 4 is 12.2 Å². The SMILES string of the molecule is NC(=O)c1cccc(-c2ccc(C=O)nc2)c1. The number of carbonyl (C=O) groups is 2. The highest BCUT2D eigenvalue weighted by Crippen LogP contribution is 2.19. The number of nitrogens with two attached hydrogens (primary N) is 1. The Morgan fingerprint density at radius 3 is 2.59 bits per heavy atom. The zero-order valence-electron chi connectivity index (χ0n) is 8.96. The molecule has 0 atom stereocenters. The number of aromatic nitrogens is 1. The van der Waals surface area contributed by atoms with E-state index in [4.69, 9.17) is 5.73 Å². The number of nitrogens with zero attached hydrogens (tertiary/aromatic N) is 1. The van der Waals surface area contributed by atoms with E-state index in [1.54, 1.807) is 36.5 Å². The molecule has 2 rings (SSSR count). The van der Waals surface area contributed by atoms with Gasteiger partial charge in [0.25, 0.3) is 0 Å². The summed E-state index contributed by atoms with van der Waals surface area (Å²) in [6.45, 7) is 0. The molecule has 0 bridgehead atoms. The largest absolute Gasteiger partial charge is 0.366 e. The molecule has 4 heteroatoms. The fourth-order valence-corrected chi connectivity index (χ4v) is 1.50. The number of hydrogen-bond donors (Lipinski definition) is 1. The van der Waals surface area contributed by atoms with Crippen molar-refractivity contribution in [1.29, 1.82) is 0 Å². The van der Waals surface area contributed by atoms with Gasteiger partial charge in [-0.3, -0.25) is 14.6 Å². The molecule has 2 N–H and O–H groups in total. The number of amides is 1. The van der Waals surface area contributed by atoms with Gasteiger partial charge in [0, 0.05) is 17.3 Å². The molecule has 0 radical (unpaired) electrons. The minimum absolute atomic E-state index is 0.375. The Labute approximate surface area is 98.1 Å². The van der Waals surface area contributed by atoms with E-state index in [1.165, 1.54) is 0 Å². The minimum Gasteiger partial charge on any atom is -0.366 e. The van der Waals surface area contributed by atoms with E-state index in [9.17, 15) is 9.59 Å². The summed E-state index contributed by atoms with van der Waals surface area (Å²) in [7, 11) is 0. The molecule has 2 aromatic rings. The lowest BCUT2D eigenvalue weighted by molar-refractivity contribution is 0.1000. The lowest BCUT2D eigenvalue weighted by atomic mass is 10.0. The van der Waals surface area contributed by atoms with Gasteiger partial charge < -0.3 is 5.73 Å². The maximum Gasteiger partial charge on any atom is 0.248 e. The Bertz CT molecular complexity index is 562. The van der Waals surface area contributed by atoms with Crippen molar-refractivity contribution in [2.75, 3.05) is 0 Å². The van der Waals surface area contributed by atoms with Crippen LogP contribution in [0, 0.1) is 0 Å². The van der Waals surface area contributed by atoms with Crippen molar-refractivity contribution in [3.8, 4) is 11.1 Å². The van der Waals surface area contributed by atoms with Crippen LogP contribution in [0.25, 0.3) is 11.1 Å². The first kappa shape index (κ1) is 11.0. The van der Waals surface area contributed by atoms with Crippen molar-refractivity contribution in [2.45, 2.75) is 0 Å². The molecule has 1 heterocycles. The second-order valence-corrected chi connectivity index (χ2v) is 3.53. The summed E-state index contributed by atoms with van der Waals surface area (Å²) in [6.07, 6.45) is 2.27. The number of benzene rings is 1. The first-order valence-electron chi connectivity index (χ1n) is 5.02. The molecule has 17 heavy (non-hydrogen) atoms. The Hall–Kier alpha value is -2.49. The maximum absolute atomic E-state index is 11.0. The molecule has 0 aliphatic heterocycles. The Balaban J connectivity index is 2.41. The Kier molecular flexibility index (Phi) is 2.96. The second-order valence-electron chi connectivity index (χ2n) is 3.53. The fourth-order valence-electron chi connectivity index (χ4n) is 1.50. The van der Waals surface area contributed by atoms with Crippen LogP contribution in [0.3, 0.4) is 0 Å². The van der Waals surface area contributed by atoms with Gasteiger partial charge in [-0.15, -0.1) is 0 Å². The zero-order chi connectivity index (χ0) is 12.3. The number of pyridine rings is 1. The molecule has 0 aliphatic carbocycles. The van der Waals surface area contributed by atoms with Gasteiger partial charge in [0.15, 0.2) is 6.29 Å². The van der Waals surface area contributed by atoms with Crippen molar-refractivity contribution in [2.24, 2.45) is 5.73 Å². The molecule has 0 fully saturated rings. The molecule has 1 aromatic heterocycles. The summed E-state index contributed by atoms with van der Waals surface area (Å²) >= 11 is 0. The molecule has 0 spiro atoms. The van der Waals surface area contributed by atoms with Gasteiger partial charge in [-0.2, -0.15) is 0 Å². The van der Waals surface area contributed by atoms with Gasteiger partial charge >= 0.3 is 0 Å². The number of aldehydes is 1. The van der Waals surface area contributed by atoms with E-state index in [-0.39, 0.29) is 0 Å². The third-order valence-electron chi connectivity index (χ3n) is 2.39. The maximum atomic E-state index is 11.0. The summed E-state index contributed by atoms with van der Waals surface area (Å²) in [5.74, 6) is -0.468. The van der Waals surface area contributed by atoms with Crippen molar-refractivity contribution in [3.05, 3.63) is 53.9 Å². The molecule has 4 nitrogen and oxygen atoms in total. The lowest BCUT2D eigenvalue weighted by Gasteiger charge is -2.03. The molecule has 0 saturated carbocycles. The van der Waals surface area contributed by atoms with Crippen LogP contribution in [-0.2, 0) is 0 Å². The third-order valence-corrected chi connectivity index (χ3v) is 2.39. The summed E-state index contributed by atoms with van der Waals surface area (Å²) < 4.78 is 0. The van der Waals surface area contributed by atoms with E-state index in [2.05, 4.69) is 4.98 Å². The van der Waals surface area contributed by atoms with Crippen LogP contribution in [0.4, 0.5) is 0 Å². The molecular weight excluding hydrogens is 216 g/mol. The van der Waals surface area contributed by atoms with Crippen LogP contribution in [0.2, 0.25) is 0 Å². The van der Waals surface area contributed by atoms with E-state index in [0.717, 1.165) is 11.1 Å². The Morgan fingerprint density at radius 2 is 2.00 bits per heavy atom. The highest BCUT2D eigenvalue weighted by Gasteiger charge is 2.03. The van der Waals surface area contributed by atoms with Crippen molar-refractivity contribution in [3.63, 3.8) is 0 Å².